The number of rotatable bonds is 6. The number of carbonyl (C=O) groups excluding carboxylic acids is 1. The molecule has 2 nitrogen and oxygen atoms in total. The zero-order chi connectivity index (χ0) is 19.3. The van der Waals surface area contributed by atoms with Crippen molar-refractivity contribution in [2.24, 2.45) is 5.92 Å². The second-order valence-corrected chi connectivity index (χ2v) is 13.1. The van der Waals surface area contributed by atoms with Gasteiger partial charge in [0.2, 0.25) is 0 Å². The van der Waals surface area contributed by atoms with Crippen LogP contribution in [0.3, 0.4) is 0 Å². The van der Waals surface area contributed by atoms with E-state index in [1.807, 2.05) is 0 Å². The van der Waals surface area contributed by atoms with E-state index in [9.17, 15) is 4.79 Å². The highest BCUT2D eigenvalue weighted by molar-refractivity contribution is 6.99. The average molecular weight is 381 g/mol. The Morgan fingerprint density at radius 2 is 1.52 bits per heavy atom. The lowest BCUT2D eigenvalue weighted by Gasteiger charge is -2.46. The van der Waals surface area contributed by atoms with Gasteiger partial charge in [-0.2, -0.15) is 0 Å². The van der Waals surface area contributed by atoms with Gasteiger partial charge in [-0.3, -0.25) is 0 Å². The van der Waals surface area contributed by atoms with Gasteiger partial charge in [0, 0.05) is 12.5 Å². The molecule has 3 rings (SSSR count). The van der Waals surface area contributed by atoms with E-state index in [1.165, 1.54) is 10.4 Å². The van der Waals surface area contributed by atoms with Crippen LogP contribution in [0.1, 0.15) is 52.9 Å². The third-order valence-electron chi connectivity index (χ3n) is 5.92. The highest BCUT2D eigenvalue weighted by atomic mass is 28.4. The molecular weight excluding hydrogens is 348 g/mol. The van der Waals surface area contributed by atoms with Gasteiger partial charge in [-0.05, 0) is 40.6 Å². The van der Waals surface area contributed by atoms with E-state index >= 15 is 0 Å². The first-order valence-electron chi connectivity index (χ1n) is 10.2. The molecule has 0 unspecified atom stereocenters. The molecule has 0 aromatic heterocycles. The van der Waals surface area contributed by atoms with Crippen LogP contribution in [-0.2, 0) is 9.22 Å². The predicted molar refractivity (Wildman–Crippen MR) is 115 cm³/mol. The summed E-state index contributed by atoms with van der Waals surface area (Å²) >= 11 is 0. The Kier molecular flexibility index (Phi) is 6.33. The fourth-order valence-electron chi connectivity index (χ4n) is 4.64. The molecule has 1 saturated carbocycles. The fourth-order valence-corrected chi connectivity index (χ4v) is 9.37. The van der Waals surface area contributed by atoms with Crippen LogP contribution in [0.5, 0.6) is 0 Å². The van der Waals surface area contributed by atoms with E-state index in [0.717, 1.165) is 32.0 Å². The predicted octanol–water partition coefficient (Wildman–Crippen LogP) is 4.71. The van der Waals surface area contributed by atoms with Crippen LogP contribution in [0.4, 0.5) is 0 Å². The first kappa shape index (κ1) is 20.0. The van der Waals surface area contributed by atoms with E-state index < -0.39 is 8.32 Å². The average Bonchev–Trinajstić information content (AvgIpc) is 2.67. The minimum absolute atomic E-state index is 0.00725. The summed E-state index contributed by atoms with van der Waals surface area (Å²) in [6.07, 6.45) is 6.38. The maximum absolute atomic E-state index is 11.0. The van der Waals surface area contributed by atoms with E-state index in [4.69, 9.17) is 4.43 Å². The lowest BCUT2D eigenvalue weighted by molar-refractivity contribution is -0.109. The summed E-state index contributed by atoms with van der Waals surface area (Å²) < 4.78 is 7.22. The fraction of sp³-hybridized carbons (Fsp3) is 0.458. The van der Waals surface area contributed by atoms with Crippen molar-refractivity contribution in [2.75, 3.05) is 0 Å². The van der Waals surface area contributed by atoms with Gasteiger partial charge in [0.1, 0.15) is 6.29 Å². The van der Waals surface area contributed by atoms with Crippen molar-refractivity contribution in [2.45, 2.75) is 64.0 Å². The first-order chi connectivity index (χ1) is 13.0. The zero-order valence-electron chi connectivity index (χ0n) is 16.9. The lowest BCUT2D eigenvalue weighted by Crippen LogP contribution is -2.67. The molecule has 0 aliphatic heterocycles. The van der Waals surface area contributed by atoms with Crippen LogP contribution in [0.2, 0.25) is 5.04 Å². The van der Waals surface area contributed by atoms with Crippen molar-refractivity contribution < 1.29 is 9.22 Å². The third-order valence-corrected chi connectivity index (χ3v) is 11.0. The molecule has 144 valence electrons. The molecule has 0 spiro atoms. The van der Waals surface area contributed by atoms with Gasteiger partial charge in [-0.15, -0.1) is 0 Å². The lowest BCUT2D eigenvalue weighted by atomic mass is 9.86. The highest BCUT2D eigenvalue weighted by Gasteiger charge is 2.51. The second-order valence-electron chi connectivity index (χ2n) is 8.84. The first-order valence-corrected chi connectivity index (χ1v) is 12.1. The van der Waals surface area contributed by atoms with Crippen molar-refractivity contribution in [3.8, 4) is 0 Å². The summed E-state index contributed by atoms with van der Waals surface area (Å²) in [4.78, 5) is 11.0. The number of hydrogen-bond acceptors (Lipinski definition) is 2. The summed E-state index contributed by atoms with van der Waals surface area (Å²) in [5.74, 6) is 0.472. The highest BCUT2D eigenvalue weighted by Crippen LogP contribution is 2.40. The standard InChI is InChI=1S/C24H32O2Si/c1-24(2,3)27(22-13-6-4-7-14-22,23-15-8-5-9-16-23)26-21-12-10-11-20(19-21)17-18-25/h4-9,13-16,18,20-21H,10-12,17,19H2,1-3H3/t20-,21-/m0/s1. The summed E-state index contributed by atoms with van der Waals surface area (Å²) in [6.45, 7) is 6.97. The molecule has 0 saturated heterocycles. The molecule has 0 bridgehead atoms. The monoisotopic (exact) mass is 380 g/mol. The third kappa shape index (κ3) is 4.25. The van der Waals surface area contributed by atoms with Gasteiger partial charge in [-0.1, -0.05) is 87.9 Å². The Morgan fingerprint density at radius 1 is 0.963 bits per heavy atom. The Morgan fingerprint density at radius 3 is 2.00 bits per heavy atom. The summed E-state index contributed by atoms with van der Waals surface area (Å²) in [7, 11) is -2.48. The Hall–Kier alpha value is -1.71. The molecule has 0 heterocycles. The molecule has 0 radical (unpaired) electrons. The van der Waals surface area contributed by atoms with E-state index in [2.05, 4.69) is 81.4 Å². The van der Waals surface area contributed by atoms with Crippen LogP contribution in [0.25, 0.3) is 0 Å². The van der Waals surface area contributed by atoms with Gasteiger partial charge in [0.25, 0.3) is 8.32 Å². The molecule has 1 aliphatic rings. The Labute approximate surface area is 165 Å². The minimum Gasteiger partial charge on any atom is -0.404 e. The quantitative estimate of drug-likeness (QED) is 0.536. The Bertz CT molecular complexity index is 682. The van der Waals surface area contributed by atoms with Crippen molar-refractivity contribution in [3.05, 3.63) is 60.7 Å². The van der Waals surface area contributed by atoms with E-state index in [1.54, 1.807) is 0 Å². The maximum atomic E-state index is 11.0. The molecule has 3 heteroatoms. The molecule has 2 atom stereocenters. The Balaban J connectivity index is 2.05. The minimum atomic E-state index is -2.48. The summed E-state index contributed by atoms with van der Waals surface area (Å²) in [5.41, 5.74) is 0. The van der Waals surface area contributed by atoms with Gasteiger partial charge < -0.3 is 9.22 Å². The molecule has 1 fully saturated rings. The van der Waals surface area contributed by atoms with Crippen molar-refractivity contribution in [1.29, 1.82) is 0 Å². The van der Waals surface area contributed by atoms with Crippen LogP contribution in [-0.4, -0.2) is 20.7 Å². The van der Waals surface area contributed by atoms with Gasteiger partial charge >= 0.3 is 0 Å². The van der Waals surface area contributed by atoms with Crippen molar-refractivity contribution in [3.63, 3.8) is 0 Å². The smallest absolute Gasteiger partial charge is 0.261 e. The van der Waals surface area contributed by atoms with Gasteiger partial charge in [-0.25, -0.2) is 0 Å². The number of hydrogen-bond donors (Lipinski definition) is 0. The van der Waals surface area contributed by atoms with E-state index in [-0.39, 0.29) is 11.1 Å². The topological polar surface area (TPSA) is 26.3 Å². The zero-order valence-corrected chi connectivity index (χ0v) is 17.9. The molecule has 0 N–H and O–H groups in total. The van der Waals surface area contributed by atoms with Crippen LogP contribution < -0.4 is 10.4 Å². The molecule has 0 amide bonds. The normalized spacial score (nSPS) is 21.0. The van der Waals surface area contributed by atoms with Crippen LogP contribution in [0.15, 0.2) is 60.7 Å². The van der Waals surface area contributed by atoms with Gasteiger partial charge in [0.05, 0.1) is 0 Å². The van der Waals surface area contributed by atoms with Gasteiger partial charge in [0.15, 0.2) is 0 Å². The van der Waals surface area contributed by atoms with Crippen molar-refractivity contribution in [1.82, 2.24) is 0 Å². The van der Waals surface area contributed by atoms with E-state index in [0.29, 0.717) is 12.3 Å². The summed E-state index contributed by atoms with van der Waals surface area (Å²) in [6, 6.07) is 21.7. The maximum Gasteiger partial charge on any atom is 0.261 e. The van der Waals surface area contributed by atoms with Crippen LogP contribution >= 0.6 is 0 Å². The molecule has 2 aromatic carbocycles. The van der Waals surface area contributed by atoms with Crippen LogP contribution in [0, 0.1) is 5.92 Å². The second kappa shape index (κ2) is 8.53. The number of carbonyl (C=O) groups is 1. The number of aldehydes is 1. The number of benzene rings is 2. The molecular formula is C24H32O2Si. The van der Waals surface area contributed by atoms with Crippen molar-refractivity contribution >= 4 is 25.0 Å². The summed E-state index contributed by atoms with van der Waals surface area (Å²) in [5, 5.41) is 2.68. The SMILES string of the molecule is CC(C)(C)[Si](O[C@H]1CCC[C@@H](CC=O)C1)(c1ccccc1)c1ccccc1. The molecule has 27 heavy (non-hydrogen) atoms. The molecule has 2 aromatic rings. The molecule has 1 aliphatic carbocycles. The largest absolute Gasteiger partial charge is 0.404 e.